The van der Waals surface area contributed by atoms with Crippen LogP contribution in [-0.4, -0.2) is 25.4 Å². The van der Waals surface area contributed by atoms with Crippen LogP contribution in [0.4, 0.5) is 5.69 Å². The van der Waals surface area contributed by atoms with Gasteiger partial charge in [0.05, 0.1) is 6.20 Å². The largest absolute Gasteiger partial charge is 0.485 e. The number of aromatic nitrogens is 4. The van der Waals surface area contributed by atoms with Crippen molar-refractivity contribution >= 4 is 17.2 Å². The number of anilines is 1. The van der Waals surface area contributed by atoms with Crippen LogP contribution in [0.3, 0.4) is 0 Å². The van der Waals surface area contributed by atoms with E-state index in [0.29, 0.717) is 34.3 Å². The summed E-state index contributed by atoms with van der Waals surface area (Å²) >= 11 is 0. The molecule has 0 radical (unpaired) electrons. The lowest BCUT2D eigenvalue weighted by Crippen LogP contribution is -2.15. The maximum atomic E-state index is 12.9. The van der Waals surface area contributed by atoms with Crippen molar-refractivity contribution in [2.45, 2.75) is 13.5 Å². The van der Waals surface area contributed by atoms with Crippen molar-refractivity contribution in [1.82, 2.24) is 19.5 Å². The number of benzene rings is 2. The van der Waals surface area contributed by atoms with Gasteiger partial charge in [0, 0.05) is 17.4 Å². The number of nitrogens with zero attached hydrogens (tertiary/aromatic N) is 4. The van der Waals surface area contributed by atoms with Crippen LogP contribution >= 0.6 is 0 Å². The summed E-state index contributed by atoms with van der Waals surface area (Å²) in [5.74, 6) is 1.25. The first-order valence-corrected chi connectivity index (χ1v) is 10.0. The molecule has 3 heterocycles. The minimum atomic E-state index is -0.258. The van der Waals surface area contributed by atoms with Crippen LogP contribution in [0.5, 0.6) is 5.75 Å². The molecule has 2 aromatic carbocycles. The molecule has 0 saturated carbocycles. The van der Waals surface area contributed by atoms with Gasteiger partial charge >= 0.3 is 0 Å². The molecule has 1 N–H and O–H groups in total. The zero-order valence-electron chi connectivity index (χ0n) is 17.2. The lowest BCUT2D eigenvalue weighted by atomic mass is 10.1. The number of carbonyl (C=O) groups is 1. The van der Waals surface area contributed by atoms with Crippen LogP contribution in [0.2, 0.25) is 0 Å². The first-order valence-electron chi connectivity index (χ1n) is 10.0. The number of aryl methyl sites for hydroxylation is 1. The summed E-state index contributed by atoms with van der Waals surface area (Å²) in [6.45, 7) is 2.11. The minimum Gasteiger partial charge on any atom is -0.485 e. The van der Waals surface area contributed by atoms with E-state index in [4.69, 9.17) is 9.26 Å². The van der Waals surface area contributed by atoms with Crippen molar-refractivity contribution in [1.29, 1.82) is 0 Å². The highest BCUT2D eigenvalue weighted by Gasteiger charge is 2.15. The molecule has 158 valence electrons. The van der Waals surface area contributed by atoms with E-state index >= 15 is 0 Å². The third-order valence-corrected chi connectivity index (χ3v) is 4.96. The van der Waals surface area contributed by atoms with Gasteiger partial charge in [-0.1, -0.05) is 35.5 Å². The molecule has 0 aliphatic rings. The fourth-order valence-corrected chi connectivity index (χ4v) is 3.27. The quantitative estimate of drug-likeness (QED) is 0.430. The molecule has 8 heteroatoms. The Morgan fingerprint density at radius 2 is 1.94 bits per heavy atom. The molecule has 0 saturated heterocycles. The Labute approximate surface area is 183 Å². The Bertz CT molecular complexity index is 1390. The first-order chi connectivity index (χ1) is 15.7. The predicted molar refractivity (Wildman–Crippen MR) is 118 cm³/mol. The van der Waals surface area contributed by atoms with E-state index in [1.807, 2.05) is 73.7 Å². The molecular formula is C24H19N5O3. The Balaban J connectivity index is 1.34. The van der Waals surface area contributed by atoms with E-state index in [0.717, 1.165) is 11.3 Å². The van der Waals surface area contributed by atoms with Gasteiger partial charge in [-0.15, -0.1) is 0 Å². The molecular weight excluding hydrogens is 406 g/mol. The maximum Gasteiger partial charge on any atom is 0.274 e. The molecule has 0 bridgehead atoms. The number of nitrogens with one attached hydrogen (secondary N) is 1. The van der Waals surface area contributed by atoms with Gasteiger partial charge in [-0.3, -0.25) is 9.20 Å². The van der Waals surface area contributed by atoms with Crippen LogP contribution in [0.15, 0.2) is 83.6 Å². The standard InChI is InChI=1S/C24H19N5O3/c1-16-10-11-17(24-27-21(28-32-24)15-31-18-7-3-2-4-8-18)13-19(16)26-23(30)20-14-25-22-9-5-6-12-29(20)22/h2-14H,15H2,1H3,(H,26,30). The Morgan fingerprint density at radius 1 is 1.09 bits per heavy atom. The number of carbonyl (C=O) groups excluding carboxylic acids is 1. The summed E-state index contributed by atoms with van der Waals surface area (Å²) in [6.07, 6.45) is 3.36. The van der Waals surface area contributed by atoms with Crippen LogP contribution in [0, 0.1) is 6.92 Å². The number of ether oxygens (including phenoxy) is 1. The average Bonchev–Trinajstić information content (AvgIpc) is 3.47. The van der Waals surface area contributed by atoms with Gasteiger partial charge in [0.25, 0.3) is 11.8 Å². The SMILES string of the molecule is Cc1ccc(-c2nc(COc3ccccc3)no2)cc1NC(=O)c1cnc2ccccn12. The lowest BCUT2D eigenvalue weighted by molar-refractivity contribution is 0.102. The fourth-order valence-electron chi connectivity index (χ4n) is 3.27. The fraction of sp³-hybridized carbons (Fsp3) is 0.0833. The van der Waals surface area contributed by atoms with Crippen molar-refractivity contribution in [3.05, 3.63) is 96.2 Å². The summed E-state index contributed by atoms with van der Waals surface area (Å²) in [7, 11) is 0. The first kappa shape index (κ1) is 19.5. The van der Waals surface area contributed by atoms with Crippen molar-refractivity contribution in [2.24, 2.45) is 0 Å². The highest BCUT2D eigenvalue weighted by Crippen LogP contribution is 2.25. The van der Waals surface area contributed by atoms with Crippen molar-refractivity contribution in [2.75, 3.05) is 5.32 Å². The lowest BCUT2D eigenvalue weighted by Gasteiger charge is -2.09. The third-order valence-electron chi connectivity index (χ3n) is 4.96. The molecule has 0 atom stereocenters. The monoisotopic (exact) mass is 425 g/mol. The van der Waals surface area contributed by atoms with Crippen LogP contribution < -0.4 is 10.1 Å². The second-order valence-corrected chi connectivity index (χ2v) is 7.17. The van der Waals surface area contributed by atoms with E-state index < -0.39 is 0 Å². The smallest absolute Gasteiger partial charge is 0.274 e. The maximum absolute atomic E-state index is 12.9. The molecule has 0 unspecified atom stereocenters. The highest BCUT2D eigenvalue weighted by molar-refractivity contribution is 6.04. The van der Waals surface area contributed by atoms with Gasteiger partial charge in [-0.2, -0.15) is 4.98 Å². The topological polar surface area (TPSA) is 94.5 Å². The van der Waals surface area contributed by atoms with Gasteiger partial charge in [0.15, 0.2) is 6.61 Å². The second kappa shape index (κ2) is 8.35. The third kappa shape index (κ3) is 3.93. The van der Waals surface area contributed by atoms with Gasteiger partial charge < -0.3 is 14.6 Å². The molecule has 0 fully saturated rings. The van der Waals surface area contributed by atoms with Gasteiger partial charge in [-0.05, 0) is 48.9 Å². The normalized spacial score (nSPS) is 10.9. The molecule has 5 aromatic rings. The summed E-state index contributed by atoms with van der Waals surface area (Å²) < 4.78 is 12.8. The zero-order valence-corrected chi connectivity index (χ0v) is 17.2. The molecule has 8 nitrogen and oxygen atoms in total. The van der Waals surface area contributed by atoms with E-state index in [1.165, 1.54) is 0 Å². The number of para-hydroxylation sites is 1. The number of fused-ring (bicyclic) bond motifs is 1. The number of hydrogen-bond donors (Lipinski definition) is 1. The van der Waals surface area contributed by atoms with Crippen molar-refractivity contribution in [3.63, 3.8) is 0 Å². The van der Waals surface area contributed by atoms with Gasteiger partial charge in [0.1, 0.15) is 17.1 Å². The van der Waals surface area contributed by atoms with Crippen molar-refractivity contribution in [3.8, 4) is 17.2 Å². The molecule has 0 aliphatic heterocycles. The number of rotatable bonds is 6. The molecule has 0 spiro atoms. The van der Waals surface area contributed by atoms with E-state index in [9.17, 15) is 4.79 Å². The van der Waals surface area contributed by atoms with E-state index in [1.54, 1.807) is 16.8 Å². The van der Waals surface area contributed by atoms with Crippen LogP contribution in [-0.2, 0) is 6.61 Å². The van der Waals surface area contributed by atoms with Crippen LogP contribution in [0.1, 0.15) is 21.9 Å². The second-order valence-electron chi connectivity index (χ2n) is 7.17. The Morgan fingerprint density at radius 3 is 2.81 bits per heavy atom. The number of imidazole rings is 1. The number of pyridine rings is 1. The van der Waals surface area contributed by atoms with E-state index in [2.05, 4.69) is 20.4 Å². The Hall–Kier alpha value is -4.46. The Kier molecular flexibility index (Phi) is 5.09. The summed E-state index contributed by atoms with van der Waals surface area (Å²) in [6, 6.07) is 20.6. The van der Waals surface area contributed by atoms with Crippen LogP contribution in [0.25, 0.3) is 17.1 Å². The number of amides is 1. The predicted octanol–water partition coefficient (Wildman–Crippen LogP) is 4.52. The van der Waals surface area contributed by atoms with Gasteiger partial charge in [0.2, 0.25) is 5.82 Å². The van der Waals surface area contributed by atoms with Gasteiger partial charge in [-0.25, -0.2) is 4.98 Å². The highest BCUT2D eigenvalue weighted by atomic mass is 16.5. The molecule has 32 heavy (non-hydrogen) atoms. The molecule has 1 amide bonds. The summed E-state index contributed by atoms with van der Waals surface area (Å²) in [4.78, 5) is 21.5. The minimum absolute atomic E-state index is 0.192. The summed E-state index contributed by atoms with van der Waals surface area (Å²) in [5, 5.41) is 6.94. The molecule has 3 aromatic heterocycles. The molecule has 0 aliphatic carbocycles. The van der Waals surface area contributed by atoms with E-state index in [-0.39, 0.29) is 12.5 Å². The average molecular weight is 425 g/mol. The number of hydrogen-bond acceptors (Lipinski definition) is 6. The zero-order chi connectivity index (χ0) is 21.9. The summed E-state index contributed by atoms with van der Waals surface area (Å²) in [5.41, 5.74) is 3.41. The van der Waals surface area contributed by atoms with Crippen molar-refractivity contribution < 1.29 is 14.1 Å². The molecule has 5 rings (SSSR count).